The van der Waals surface area contributed by atoms with Gasteiger partial charge in [0.15, 0.2) is 0 Å². The number of ketones is 2. The summed E-state index contributed by atoms with van der Waals surface area (Å²) in [5, 5.41) is 0. The standard InChI is InChI=1S/C18H16N2O2/c1-20-14(10-11-6-2-3-7-11)19-15-16(20)18(22)13-9-5-4-8-12(13)17(15)21/h4-5,8-10H,2-3,6-7H2,1H3. The first-order valence-electron chi connectivity index (χ1n) is 7.61. The van der Waals surface area contributed by atoms with Crippen LogP contribution >= 0.6 is 0 Å². The van der Waals surface area contributed by atoms with Crippen molar-refractivity contribution in [2.45, 2.75) is 25.7 Å². The molecule has 110 valence electrons. The molecule has 4 rings (SSSR count). The fourth-order valence-electron chi connectivity index (χ4n) is 3.35. The van der Waals surface area contributed by atoms with Crippen LogP contribution in [0.25, 0.3) is 6.08 Å². The van der Waals surface area contributed by atoms with Crippen molar-refractivity contribution in [2.75, 3.05) is 0 Å². The lowest BCUT2D eigenvalue weighted by Crippen LogP contribution is -2.22. The molecule has 0 aliphatic heterocycles. The highest BCUT2D eigenvalue weighted by molar-refractivity contribution is 6.27. The summed E-state index contributed by atoms with van der Waals surface area (Å²) in [5.74, 6) is 0.435. The Balaban J connectivity index is 1.88. The molecule has 4 heteroatoms. The molecule has 1 aromatic carbocycles. The van der Waals surface area contributed by atoms with Gasteiger partial charge in [0.2, 0.25) is 11.6 Å². The molecule has 0 unspecified atom stereocenters. The molecule has 0 spiro atoms. The molecule has 1 fully saturated rings. The van der Waals surface area contributed by atoms with Crippen molar-refractivity contribution in [2.24, 2.45) is 7.05 Å². The molecule has 2 aromatic rings. The van der Waals surface area contributed by atoms with Crippen molar-refractivity contribution in [1.29, 1.82) is 0 Å². The maximum atomic E-state index is 12.7. The highest BCUT2D eigenvalue weighted by Gasteiger charge is 2.34. The number of rotatable bonds is 1. The largest absolute Gasteiger partial charge is 0.324 e. The van der Waals surface area contributed by atoms with Crippen LogP contribution in [0.2, 0.25) is 0 Å². The molecule has 2 aliphatic carbocycles. The minimum atomic E-state index is -0.156. The molecule has 0 amide bonds. The SMILES string of the molecule is Cn1c(C=C2CCCC2)nc2c1C(=O)c1ccccc1C2=O. The van der Waals surface area contributed by atoms with Crippen molar-refractivity contribution in [1.82, 2.24) is 9.55 Å². The first kappa shape index (κ1) is 13.2. The van der Waals surface area contributed by atoms with Crippen LogP contribution in [0, 0.1) is 0 Å². The molecule has 0 saturated heterocycles. The van der Waals surface area contributed by atoms with Gasteiger partial charge in [0.25, 0.3) is 0 Å². The summed E-state index contributed by atoms with van der Waals surface area (Å²) in [6.07, 6.45) is 6.62. The van der Waals surface area contributed by atoms with E-state index in [4.69, 9.17) is 0 Å². The van der Waals surface area contributed by atoms with Crippen LogP contribution in [0.4, 0.5) is 0 Å². The quantitative estimate of drug-likeness (QED) is 0.692. The molecule has 1 saturated carbocycles. The van der Waals surface area contributed by atoms with Gasteiger partial charge in [-0.15, -0.1) is 0 Å². The Bertz CT molecular complexity index is 835. The normalized spacial score (nSPS) is 16.7. The molecule has 0 bridgehead atoms. The molecule has 1 heterocycles. The smallest absolute Gasteiger partial charge is 0.214 e. The summed E-state index contributed by atoms with van der Waals surface area (Å²) in [6.45, 7) is 0. The molecule has 4 nitrogen and oxygen atoms in total. The zero-order valence-electron chi connectivity index (χ0n) is 12.4. The zero-order valence-corrected chi connectivity index (χ0v) is 12.4. The van der Waals surface area contributed by atoms with E-state index in [0.717, 1.165) is 12.8 Å². The van der Waals surface area contributed by atoms with Gasteiger partial charge in [0.05, 0.1) is 0 Å². The van der Waals surface area contributed by atoms with Gasteiger partial charge in [-0.05, 0) is 31.8 Å². The Kier molecular flexibility index (Phi) is 2.86. The highest BCUT2D eigenvalue weighted by Crippen LogP contribution is 2.30. The van der Waals surface area contributed by atoms with E-state index in [-0.39, 0.29) is 17.3 Å². The third-order valence-electron chi connectivity index (χ3n) is 4.56. The summed E-state index contributed by atoms with van der Waals surface area (Å²) < 4.78 is 1.76. The van der Waals surface area contributed by atoms with Crippen molar-refractivity contribution in [3.8, 4) is 0 Å². The Morgan fingerprint density at radius 2 is 1.68 bits per heavy atom. The van der Waals surface area contributed by atoms with E-state index in [1.54, 1.807) is 28.8 Å². The fraction of sp³-hybridized carbons (Fsp3) is 0.278. The van der Waals surface area contributed by atoms with Crippen LogP contribution < -0.4 is 0 Å². The summed E-state index contributed by atoms with van der Waals surface area (Å²) in [7, 11) is 1.81. The van der Waals surface area contributed by atoms with Crippen molar-refractivity contribution in [3.63, 3.8) is 0 Å². The summed E-state index contributed by atoms with van der Waals surface area (Å²) in [6, 6.07) is 6.97. The third-order valence-corrected chi connectivity index (χ3v) is 4.56. The van der Waals surface area contributed by atoms with Crippen LogP contribution in [0.3, 0.4) is 0 Å². The fourth-order valence-corrected chi connectivity index (χ4v) is 3.35. The Morgan fingerprint density at radius 3 is 2.36 bits per heavy atom. The van der Waals surface area contributed by atoms with Crippen LogP contribution in [-0.4, -0.2) is 21.1 Å². The second kappa shape index (κ2) is 4.77. The summed E-state index contributed by atoms with van der Waals surface area (Å²) >= 11 is 0. The van der Waals surface area contributed by atoms with Gasteiger partial charge in [0, 0.05) is 18.2 Å². The molecular weight excluding hydrogens is 276 g/mol. The number of fused-ring (bicyclic) bond motifs is 2. The topological polar surface area (TPSA) is 52.0 Å². The molecule has 2 aliphatic rings. The van der Waals surface area contributed by atoms with Crippen LogP contribution in [-0.2, 0) is 7.05 Å². The molecule has 22 heavy (non-hydrogen) atoms. The Hall–Kier alpha value is -2.49. The van der Waals surface area contributed by atoms with Crippen molar-refractivity contribution < 1.29 is 9.59 Å². The number of imidazole rings is 1. The van der Waals surface area contributed by atoms with Crippen LogP contribution in [0.15, 0.2) is 29.8 Å². The maximum absolute atomic E-state index is 12.7. The van der Waals surface area contributed by atoms with E-state index in [9.17, 15) is 9.59 Å². The van der Waals surface area contributed by atoms with E-state index < -0.39 is 0 Å². The molecule has 0 atom stereocenters. The minimum absolute atomic E-state index is 0.115. The van der Waals surface area contributed by atoms with Gasteiger partial charge in [-0.2, -0.15) is 0 Å². The van der Waals surface area contributed by atoms with Crippen LogP contribution in [0.1, 0.15) is 63.6 Å². The van der Waals surface area contributed by atoms with Crippen molar-refractivity contribution >= 4 is 17.6 Å². The van der Waals surface area contributed by atoms with E-state index in [0.29, 0.717) is 22.6 Å². The van der Waals surface area contributed by atoms with Gasteiger partial charge in [0.1, 0.15) is 17.2 Å². The predicted octanol–water partition coefficient (Wildman–Crippen LogP) is 3.15. The Morgan fingerprint density at radius 1 is 1.05 bits per heavy atom. The first-order valence-corrected chi connectivity index (χ1v) is 7.61. The van der Waals surface area contributed by atoms with Gasteiger partial charge >= 0.3 is 0 Å². The minimum Gasteiger partial charge on any atom is -0.324 e. The average molecular weight is 292 g/mol. The lowest BCUT2D eigenvalue weighted by atomic mass is 9.90. The number of benzene rings is 1. The number of aromatic nitrogens is 2. The number of hydrogen-bond donors (Lipinski definition) is 0. The number of carbonyl (C=O) groups is 2. The lowest BCUT2D eigenvalue weighted by molar-refractivity contribution is 0.0971. The van der Waals surface area contributed by atoms with E-state index in [1.165, 1.54) is 18.4 Å². The van der Waals surface area contributed by atoms with Gasteiger partial charge in [-0.1, -0.05) is 29.8 Å². The van der Waals surface area contributed by atoms with Gasteiger partial charge < -0.3 is 4.57 Å². The highest BCUT2D eigenvalue weighted by atomic mass is 16.1. The molecular formula is C18H16N2O2. The van der Waals surface area contributed by atoms with Gasteiger partial charge in [-0.25, -0.2) is 4.98 Å². The summed E-state index contributed by atoms with van der Waals surface area (Å²) in [5.41, 5.74) is 2.98. The van der Waals surface area contributed by atoms with E-state index in [1.807, 2.05) is 13.1 Å². The zero-order chi connectivity index (χ0) is 15.3. The lowest BCUT2D eigenvalue weighted by Gasteiger charge is -2.13. The maximum Gasteiger partial charge on any atom is 0.214 e. The first-order chi connectivity index (χ1) is 10.7. The third kappa shape index (κ3) is 1.80. The van der Waals surface area contributed by atoms with E-state index in [2.05, 4.69) is 4.98 Å². The number of nitrogens with zero attached hydrogens (tertiary/aromatic N) is 2. The second-order valence-electron chi connectivity index (χ2n) is 5.94. The molecule has 1 aromatic heterocycles. The number of carbonyl (C=O) groups excluding carboxylic acids is 2. The molecule has 0 N–H and O–H groups in total. The predicted molar refractivity (Wildman–Crippen MR) is 83.0 cm³/mol. The monoisotopic (exact) mass is 292 g/mol. The van der Waals surface area contributed by atoms with Crippen molar-refractivity contribution in [3.05, 3.63) is 58.2 Å². The summed E-state index contributed by atoms with van der Waals surface area (Å²) in [4.78, 5) is 29.8. The average Bonchev–Trinajstić information content (AvgIpc) is 3.15. The Labute approximate surface area is 128 Å². The second-order valence-corrected chi connectivity index (χ2v) is 5.94. The van der Waals surface area contributed by atoms with Crippen LogP contribution in [0.5, 0.6) is 0 Å². The van der Waals surface area contributed by atoms with E-state index >= 15 is 0 Å². The molecule has 0 radical (unpaired) electrons. The number of allylic oxidation sites excluding steroid dienone is 1. The van der Waals surface area contributed by atoms with Gasteiger partial charge in [-0.3, -0.25) is 9.59 Å². The number of hydrogen-bond acceptors (Lipinski definition) is 3.